The lowest BCUT2D eigenvalue weighted by molar-refractivity contribution is -0.150. The van der Waals surface area contributed by atoms with Crippen LogP contribution in [0.15, 0.2) is 52.0 Å². The summed E-state index contributed by atoms with van der Waals surface area (Å²) in [4.78, 5) is 33.8. The van der Waals surface area contributed by atoms with E-state index in [0.29, 0.717) is 27.4 Å². The van der Waals surface area contributed by atoms with Crippen LogP contribution in [-0.4, -0.2) is 39.5 Å². The molecule has 0 fully saturated rings. The Kier molecular flexibility index (Phi) is 7.40. The highest BCUT2D eigenvalue weighted by atomic mass is 32.2. The number of nitrogens with one attached hydrogen (secondary N) is 1. The lowest BCUT2D eigenvalue weighted by Gasteiger charge is -2.13. The van der Waals surface area contributed by atoms with E-state index in [9.17, 15) is 18.4 Å². The second-order valence-electron chi connectivity index (χ2n) is 5.63. The highest BCUT2D eigenvalue weighted by Gasteiger charge is 2.19. The Morgan fingerprint density at radius 1 is 1.21 bits per heavy atom. The Hall–Kier alpha value is -2.24. The van der Waals surface area contributed by atoms with Crippen molar-refractivity contribution in [1.82, 2.24) is 9.97 Å². The van der Waals surface area contributed by atoms with E-state index in [1.54, 1.807) is 0 Å². The van der Waals surface area contributed by atoms with Crippen molar-refractivity contribution in [3.8, 4) is 0 Å². The van der Waals surface area contributed by atoms with Crippen molar-refractivity contribution in [1.29, 1.82) is 0 Å². The molecule has 0 aliphatic carbocycles. The molecule has 1 atom stereocenters. The van der Waals surface area contributed by atoms with E-state index >= 15 is 0 Å². The number of aromatic nitrogens is 2. The van der Waals surface area contributed by atoms with E-state index in [0.717, 1.165) is 10.2 Å². The predicted octanol–water partition coefficient (Wildman–Crippen LogP) is 4.67. The number of benzene rings is 1. The number of thioether (sulfide) groups is 2. The quantitative estimate of drug-likeness (QED) is 0.300. The van der Waals surface area contributed by atoms with Gasteiger partial charge in [0.05, 0.1) is 5.75 Å². The van der Waals surface area contributed by atoms with Crippen molar-refractivity contribution >= 4 is 62.6 Å². The molecule has 0 saturated carbocycles. The van der Waals surface area contributed by atoms with Crippen molar-refractivity contribution in [2.45, 2.75) is 28.7 Å². The monoisotopic (exact) mass is 455 g/mol. The molecule has 1 amide bonds. The zero-order valence-corrected chi connectivity index (χ0v) is 17.5. The third-order valence-electron chi connectivity index (χ3n) is 3.58. The number of carbonyl (C=O) groups excluding carboxylic acids is 2. The van der Waals surface area contributed by atoms with Gasteiger partial charge < -0.3 is 10.1 Å². The molecule has 3 rings (SSSR count). The van der Waals surface area contributed by atoms with E-state index in [4.69, 9.17) is 4.74 Å². The maximum Gasteiger partial charge on any atom is 0.317 e. The minimum atomic E-state index is -2.51. The van der Waals surface area contributed by atoms with E-state index in [2.05, 4.69) is 15.3 Å². The van der Waals surface area contributed by atoms with Crippen LogP contribution in [0, 0.1) is 0 Å². The summed E-state index contributed by atoms with van der Waals surface area (Å²) in [5, 5.41) is 6.02. The van der Waals surface area contributed by atoms with Crippen LogP contribution in [-0.2, 0) is 14.3 Å². The first-order chi connectivity index (χ1) is 13.9. The Morgan fingerprint density at radius 3 is 2.69 bits per heavy atom. The fraction of sp³-hybridized carbons (Fsp3) is 0.222. The lowest BCUT2D eigenvalue weighted by Crippen LogP contribution is -2.30. The number of esters is 1. The van der Waals surface area contributed by atoms with Crippen LogP contribution < -0.4 is 5.32 Å². The molecule has 0 bridgehead atoms. The molecular formula is C18H15F2N3O3S3. The van der Waals surface area contributed by atoms with Crippen LogP contribution in [0.1, 0.15) is 6.92 Å². The number of halogens is 2. The van der Waals surface area contributed by atoms with E-state index in [1.165, 1.54) is 60.6 Å². The van der Waals surface area contributed by atoms with Gasteiger partial charge in [0.15, 0.2) is 6.10 Å². The SMILES string of the molecule is CC(OC(=O)CSc1ncnc2sccc12)C(=O)Nc1ccc(SC(F)F)cc1. The molecule has 3 aromatic rings. The van der Waals surface area contributed by atoms with Gasteiger partial charge in [-0.05, 0) is 42.6 Å². The lowest BCUT2D eigenvalue weighted by atomic mass is 10.3. The molecule has 6 nitrogen and oxygen atoms in total. The minimum Gasteiger partial charge on any atom is -0.452 e. The average Bonchev–Trinajstić information content (AvgIpc) is 3.16. The summed E-state index contributed by atoms with van der Waals surface area (Å²) in [7, 11) is 0. The molecule has 0 saturated heterocycles. The maximum atomic E-state index is 12.3. The van der Waals surface area contributed by atoms with Gasteiger partial charge in [-0.3, -0.25) is 9.59 Å². The molecule has 0 spiro atoms. The number of hydrogen-bond donors (Lipinski definition) is 1. The number of fused-ring (bicyclic) bond motifs is 1. The third-order valence-corrected chi connectivity index (χ3v) is 6.10. The number of rotatable bonds is 8. The molecule has 0 aliphatic rings. The molecule has 1 N–H and O–H groups in total. The van der Waals surface area contributed by atoms with Gasteiger partial charge in [-0.1, -0.05) is 23.5 Å². The van der Waals surface area contributed by atoms with Gasteiger partial charge in [-0.25, -0.2) is 9.97 Å². The molecule has 2 aromatic heterocycles. The molecule has 1 unspecified atom stereocenters. The standard InChI is InChI=1S/C18H15F2N3O3S3/c1-10(15(25)23-11-2-4-12(5-3-11)29-18(19)20)26-14(24)8-28-17-13-6-7-27-16(13)21-9-22-17/h2-7,9-10,18H,8H2,1H3,(H,23,25). The van der Waals surface area contributed by atoms with Crippen LogP contribution in [0.25, 0.3) is 10.2 Å². The van der Waals surface area contributed by atoms with Gasteiger partial charge in [0.1, 0.15) is 16.2 Å². The number of anilines is 1. The Bertz CT molecular complexity index is 999. The van der Waals surface area contributed by atoms with E-state index in [-0.39, 0.29) is 5.75 Å². The summed E-state index contributed by atoms with van der Waals surface area (Å²) in [6, 6.07) is 7.86. The van der Waals surface area contributed by atoms with Crippen molar-refractivity contribution < 1.29 is 23.1 Å². The largest absolute Gasteiger partial charge is 0.452 e. The number of ether oxygens (including phenoxy) is 1. The number of thiophene rings is 1. The number of carbonyl (C=O) groups is 2. The van der Waals surface area contributed by atoms with Gasteiger partial charge >= 0.3 is 5.97 Å². The van der Waals surface area contributed by atoms with Crippen LogP contribution in [0.2, 0.25) is 0 Å². The number of amides is 1. The molecule has 152 valence electrons. The van der Waals surface area contributed by atoms with Crippen LogP contribution >= 0.6 is 34.9 Å². The minimum absolute atomic E-state index is 0.000865. The molecule has 0 radical (unpaired) electrons. The number of alkyl halides is 2. The molecule has 11 heteroatoms. The Labute approximate surface area is 177 Å². The topological polar surface area (TPSA) is 81.2 Å². The van der Waals surface area contributed by atoms with Gasteiger partial charge in [0, 0.05) is 16.0 Å². The zero-order chi connectivity index (χ0) is 20.8. The number of hydrogen-bond acceptors (Lipinski definition) is 8. The highest BCUT2D eigenvalue weighted by Crippen LogP contribution is 2.28. The van der Waals surface area contributed by atoms with Gasteiger partial charge in [-0.15, -0.1) is 11.3 Å². The smallest absolute Gasteiger partial charge is 0.317 e. The molecular weight excluding hydrogens is 440 g/mol. The van der Waals surface area contributed by atoms with Crippen LogP contribution in [0.3, 0.4) is 0 Å². The summed E-state index contributed by atoms with van der Waals surface area (Å²) in [6.45, 7) is 1.46. The van der Waals surface area contributed by atoms with Crippen LogP contribution in [0.5, 0.6) is 0 Å². The Balaban J connectivity index is 1.48. The third kappa shape index (κ3) is 6.12. The zero-order valence-electron chi connectivity index (χ0n) is 15.0. The van der Waals surface area contributed by atoms with Crippen molar-refractivity contribution in [2.75, 3.05) is 11.1 Å². The van der Waals surface area contributed by atoms with Gasteiger partial charge in [0.25, 0.3) is 11.7 Å². The summed E-state index contributed by atoms with van der Waals surface area (Å²) in [6.07, 6.45) is 0.429. The summed E-state index contributed by atoms with van der Waals surface area (Å²) < 4.78 is 29.8. The Morgan fingerprint density at radius 2 is 1.97 bits per heavy atom. The normalized spacial score (nSPS) is 12.1. The fourth-order valence-electron chi connectivity index (χ4n) is 2.26. The predicted molar refractivity (Wildman–Crippen MR) is 111 cm³/mol. The summed E-state index contributed by atoms with van der Waals surface area (Å²) in [5.74, 6) is -3.58. The van der Waals surface area contributed by atoms with Crippen molar-refractivity contribution in [3.05, 3.63) is 42.0 Å². The second-order valence-corrected chi connectivity index (χ2v) is 8.55. The first-order valence-corrected chi connectivity index (χ1v) is 11.0. The van der Waals surface area contributed by atoms with Crippen LogP contribution in [0.4, 0.5) is 14.5 Å². The molecule has 1 aromatic carbocycles. The van der Waals surface area contributed by atoms with Crippen molar-refractivity contribution in [2.24, 2.45) is 0 Å². The van der Waals surface area contributed by atoms with Gasteiger partial charge in [0.2, 0.25) is 0 Å². The van der Waals surface area contributed by atoms with Gasteiger partial charge in [-0.2, -0.15) is 8.78 Å². The summed E-state index contributed by atoms with van der Waals surface area (Å²) in [5.41, 5.74) is 0.423. The molecule has 2 heterocycles. The second kappa shape index (κ2) is 9.99. The average molecular weight is 456 g/mol. The summed E-state index contributed by atoms with van der Waals surface area (Å²) >= 11 is 3.11. The first kappa shape index (κ1) is 21.5. The number of nitrogens with zero attached hydrogens (tertiary/aromatic N) is 2. The molecule has 29 heavy (non-hydrogen) atoms. The maximum absolute atomic E-state index is 12.3. The first-order valence-electron chi connectivity index (χ1n) is 8.28. The van der Waals surface area contributed by atoms with E-state index < -0.39 is 23.7 Å². The van der Waals surface area contributed by atoms with E-state index in [1.807, 2.05) is 11.4 Å². The highest BCUT2D eigenvalue weighted by molar-refractivity contribution is 8.00. The fourth-order valence-corrected chi connectivity index (χ4v) is 4.32. The van der Waals surface area contributed by atoms with Crippen molar-refractivity contribution in [3.63, 3.8) is 0 Å². The molecule has 0 aliphatic heterocycles.